The summed E-state index contributed by atoms with van der Waals surface area (Å²) in [5.74, 6) is 0.766. The number of nitriles is 1. The number of hydrogen-bond acceptors (Lipinski definition) is 4. The van der Waals surface area contributed by atoms with Crippen LogP contribution in [-0.2, 0) is 4.79 Å². The first-order valence-corrected chi connectivity index (χ1v) is 8.35. The van der Waals surface area contributed by atoms with Gasteiger partial charge in [0.1, 0.15) is 5.75 Å². The Kier molecular flexibility index (Phi) is 6.40. The highest BCUT2D eigenvalue weighted by Gasteiger charge is 2.12. The molecule has 2 aromatic rings. The van der Waals surface area contributed by atoms with Gasteiger partial charge in [-0.15, -0.1) is 0 Å². The molecule has 134 valence electrons. The van der Waals surface area contributed by atoms with Crippen molar-refractivity contribution in [2.24, 2.45) is 0 Å². The Labute approximate surface area is 154 Å². The van der Waals surface area contributed by atoms with E-state index in [1.54, 1.807) is 12.1 Å². The van der Waals surface area contributed by atoms with Crippen LogP contribution >= 0.6 is 0 Å². The summed E-state index contributed by atoms with van der Waals surface area (Å²) in [6, 6.07) is 15.3. The Hall–Kier alpha value is -3.26. The van der Waals surface area contributed by atoms with Crippen molar-refractivity contribution in [3.05, 3.63) is 53.6 Å². The van der Waals surface area contributed by atoms with Crippen LogP contribution in [0.2, 0.25) is 0 Å². The summed E-state index contributed by atoms with van der Waals surface area (Å²) in [6.07, 6.45) is 2.52. The van der Waals surface area contributed by atoms with E-state index in [4.69, 9.17) is 4.74 Å². The molecule has 0 bridgehead atoms. The van der Waals surface area contributed by atoms with Crippen molar-refractivity contribution in [2.75, 3.05) is 24.3 Å². The van der Waals surface area contributed by atoms with E-state index >= 15 is 0 Å². The number of carbonyl (C=O) groups is 1. The smallest absolute Gasteiger partial charge is 0.211 e. The van der Waals surface area contributed by atoms with Crippen molar-refractivity contribution in [1.82, 2.24) is 0 Å². The molecule has 0 heterocycles. The maximum atomic E-state index is 10.6. The minimum absolute atomic E-state index is 0.0786. The first kappa shape index (κ1) is 19.1. The molecule has 1 amide bonds. The standard InChI is InChI=1S/C21H23N3O2/c1-15(2)26-19-8-9-20(21(12-19)24(3)4)17(13-22)10-16-6-5-7-18(11-16)23-14-25/h5-12,14-15H,1-4H3,(H,23,25)/b17-10+. The van der Waals surface area contributed by atoms with Gasteiger partial charge in [-0.3, -0.25) is 4.79 Å². The van der Waals surface area contributed by atoms with Gasteiger partial charge in [-0.1, -0.05) is 12.1 Å². The van der Waals surface area contributed by atoms with Crippen molar-refractivity contribution in [2.45, 2.75) is 20.0 Å². The van der Waals surface area contributed by atoms with E-state index in [-0.39, 0.29) is 6.10 Å². The zero-order valence-electron chi connectivity index (χ0n) is 15.5. The molecule has 2 aromatic carbocycles. The second-order valence-corrected chi connectivity index (χ2v) is 6.30. The number of benzene rings is 2. The van der Waals surface area contributed by atoms with Gasteiger partial charge < -0.3 is 15.0 Å². The van der Waals surface area contributed by atoms with Crippen LogP contribution in [0, 0.1) is 11.3 Å². The highest BCUT2D eigenvalue weighted by molar-refractivity contribution is 5.94. The number of nitrogens with zero attached hydrogens (tertiary/aromatic N) is 2. The summed E-state index contributed by atoms with van der Waals surface area (Å²) in [4.78, 5) is 12.6. The van der Waals surface area contributed by atoms with E-state index in [0.29, 0.717) is 17.7 Å². The lowest BCUT2D eigenvalue weighted by Crippen LogP contribution is -2.12. The predicted octanol–water partition coefficient (Wildman–Crippen LogP) is 4.17. The summed E-state index contributed by atoms with van der Waals surface area (Å²) in [6.45, 7) is 3.95. The molecule has 0 saturated carbocycles. The van der Waals surface area contributed by atoms with Crippen molar-refractivity contribution in [3.63, 3.8) is 0 Å². The zero-order valence-corrected chi connectivity index (χ0v) is 15.5. The highest BCUT2D eigenvalue weighted by Crippen LogP contribution is 2.31. The molecule has 26 heavy (non-hydrogen) atoms. The fraction of sp³-hybridized carbons (Fsp3) is 0.238. The molecule has 0 aliphatic rings. The maximum absolute atomic E-state index is 10.6. The van der Waals surface area contributed by atoms with E-state index in [9.17, 15) is 10.1 Å². The Balaban J connectivity index is 2.47. The molecular weight excluding hydrogens is 326 g/mol. The molecule has 0 aliphatic heterocycles. The van der Waals surface area contributed by atoms with Gasteiger partial charge in [0.25, 0.3) is 0 Å². The van der Waals surface area contributed by atoms with Crippen LogP contribution in [-0.4, -0.2) is 26.6 Å². The lowest BCUT2D eigenvalue weighted by atomic mass is 10.0. The topological polar surface area (TPSA) is 65.4 Å². The van der Waals surface area contributed by atoms with Crippen LogP contribution in [0.1, 0.15) is 25.0 Å². The molecule has 0 radical (unpaired) electrons. The Morgan fingerprint density at radius 2 is 2.00 bits per heavy atom. The lowest BCUT2D eigenvalue weighted by Gasteiger charge is -2.19. The largest absolute Gasteiger partial charge is 0.491 e. The first-order chi connectivity index (χ1) is 12.4. The van der Waals surface area contributed by atoms with E-state index < -0.39 is 0 Å². The Morgan fingerprint density at radius 3 is 2.62 bits per heavy atom. The lowest BCUT2D eigenvalue weighted by molar-refractivity contribution is -0.105. The fourth-order valence-corrected chi connectivity index (χ4v) is 2.58. The molecule has 0 saturated heterocycles. The minimum atomic E-state index is 0.0786. The SMILES string of the molecule is CC(C)Oc1ccc(/C(C#N)=C/c2cccc(NC=O)c2)c(N(C)C)c1. The maximum Gasteiger partial charge on any atom is 0.211 e. The fourth-order valence-electron chi connectivity index (χ4n) is 2.58. The number of nitrogens with one attached hydrogen (secondary N) is 1. The van der Waals surface area contributed by atoms with Gasteiger partial charge in [-0.05, 0) is 49.8 Å². The van der Waals surface area contributed by atoms with E-state index in [2.05, 4.69) is 11.4 Å². The monoisotopic (exact) mass is 349 g/mol. The summed E-state index contributed by atoms with van der Waals surface area (Å²) in [5.41, 5.74) is 3.77. The molecular formula is C21H23N3O2. The molecule has 2 rings (SSSR count). The molecule has 1 N–H and O–H groups in total. The predicted molar refractivity (Wildman–Crippen MR) is 106 cm³/mol. The molecule has 5 nitrogen and oxygen atoms in total. The van der Waals surface area contributed by atoms with Crippen molar-refractivity contribution < 1.29 is 9.53 Å². The molecule has 0 aromatic heterocycles. The summed E-state index contributed by atoms with van der Waals surface area (Å²) >= 11 is 0. The van der Waals surface area contributed by atoms with Crippen LogP contribution in [0.5, 0.6) is 5.75 Å². The summed E-state index contributed by atoms with van der Waals surface area (Å²) in [7, 11) is 3.86. The number of allylic oxidation sites excluding steroid dienone is 1. The number of carbonyl (C=O) groups excluding carboxylic acids is 1. The zero-order chi connectivity index (χ0) is 19.1. The number of amides is 1. The average Bonchev–Trinajstić information content (AvgIpc) is 2.60. The van der Waals surface area contributed by atoms with Gasteiger partial charge in [-0.25, -0.2) is 0 Å². The normalized spacial score (nSPS) is 11.0. The van der Waals surface area contributed by atoms with Crippen LogP contribution in [0.25, 0.3) is 11.6 Å². The van der Waals surface area contributed by atoms with Crippen LogP contribution in [0.15, 0.2) is 42.5 Å². The van der Waals surface area contributed by atoms with Gasteiger partial charge in [-0.2, -0.15) is 5.26 Å². The second kappa shape index (κ2) is 8.72. The van der Waals surface area contributed by atoms with Crippen LogP contribution in [0.4, 0.5) is 11.4 Å². The van der Waals surface area contributed by atoms with Crippen LogP contribution < -0.4 is 15.0 Å². The molecule has 5 heteroatoms. The third kappa shape index (κ3) is 4.87. The Bertz CT molecular complexity index is 849. The molecule has 0 aliphatic carbocycles. The van der Waals surface area contributed by atoms with E-state index in [1.807, 2.05) is 69.2 Å². The second-order valence-electron chi connectivity index (χ2n) is 6.30. The van der Waals surface area contributed by atoms with E-state index in [0.717, 1.165) is 22.6 Å². The van der Waals surface area contributed by atoms with Crippen molar-refractivity contribution in [1.29, 1.82) is 5.26 Å². The minimum Gasteiger partial charge on any atom is -0.491 e. The number of rotatable bonds is 7. The van der Waals surface area contributed by atoms with Gasteiger partial charge in [0.05, 0.1) is 17.7 Å². The van der Waals surface area contributed by atoms with Gasteiger partial charge in [0.15, 0.2) is 0 Å². The van der Waals surface area contributed by atoms with E-state index in [1.165, 1.54) is 0 Å². The van der Waals surface area contributed by atoms with Crippen molar-refractivity contribution >= 4 is 29.4 Å². The quantitative estimate of drug-likeness (QED) is 0.463. The summed E-state index contributed by atoms with van der Waals surface area (Å²) < 4.78 is 5.76. The van der Waals surface area contributed by atoms with Gasteiger partial charge in [0, 0.05) is 37.1 Å². The Morgan fingerprint density at radius 1 is 1.23 bits per heavy atom. The third-order valence-electron chi connectivity index (χ3n) is 3.66. The van der Waals surface area contributed by atoms with Gasteiger partial charge >= 0.3 is 0 Å². The summed E-state index contributed by atoms with van der Waals surface area (Å²) in [5, 5.41) is 12.3. The highest BCUT2D eigenvalue weighted by atomic mass is 16.5. The molecule has 0 unspecified atom stereocenters. The molecule has 0 atom stereocenters. The number of ether oxygens (including phenoxy) is 1. The third-order valence-corrected chi connectivity index (χ3v) is 3.66. The molecule has 0 spiro atoms. The molecule has 0 fully saturated rings. The average molecular weight is 349 g/mol. The van der Waals surface area contributed by atoms with Gasteiger partial charge in [0.2, 0.25) is 6.41 Å². The number of hydrogen-bond donors (Lipinski definition) is 1. The van der Waals surface area contributed by atoms with Crippen LogP contribution in [0.3, 0.4) is 0 Å². The van der Waals surface area contributed by atoms with Crippen molar-refractivity contribution in [3.8, 4) is 11.8 Å². The first-order valence-electron chi connectivity index (χ1n) is 8.35. The number of anilines is 2.